The Morgan fingerprint density at radius 2 is 1.50 bits per heavy atom. The summed E-state index contributed by atoms with van der Waals surface area (Å²) in [6.45, 7) is -0.0250. The first-order valence-corrected chi connectivity index (χ1v) is 14.7. The highest BCUT2D eigenvalue weighted by Crippen LogP contribution is 2.20. The van der Waals surface area contributed by atoms with Crippen LogP contribution in [0.15, 0.2) is 108 Å². The second-order valence-corrected chi connectivity index (χ2v) is 11.0. The molecule has 4 aromatic carbocycles. The van der Waals surface area contributed by atoms with Crippen LogP contribution in [-0.2, 0) is 21.4 Å². The van der Waals surface area contributed by atoms with Crippen molar-refractivity contribution in [2.75, 3.05) is 29.6 Å². The fourth-order valence-electron chi connectivity index (χ4n) is 3.82. The fraction of sp³-hybridized carbons (Fsp3) is 0.129. The molecule has 0 atom stereocenters. The molecule has 42 heavy (non-hydrogen) atoms. The molecule has 2 amide bonds. The van der Waals surface area contributed by atoms with Crippen molar-refractivity contribution in [3.63, 3.8) is 0 Å². The molecule has 0 spiro atoms. The molecule has 0 aliphatic rings. The summed E-state index contributed by atoms with van der Waals surface area (Å²) in [6, 6.07) is 29.3. The van der Waals surface area contributed by atoms with Gasteiger partial charge < -0.3 is 14.8 Å². The quantitative estimate of drug-likeness (QED) is 0.187. The van der Waals surface area contributed by atoms with Gasteiger partial charge in [-0.2, -0.15) is 5.10 Å². The van der Waals surface area contributed by atoms with Crippen LogP contribution in [0, 0.1) is 0 Å². The molecule has 0 aliphatic heterocycles. The molecule has 0 bridgehead atoms. The Bertz CT molecular complexity index is 1620. The molecular formula is C31H30N4O6S. The zero-order valence-corrected chi connectivity index (χ0v) is 23.9. The largest absolute Gasteiger partial charge is 0.497 e. The van der Waals surface area contributed by atoms with E-state index in [0.29, 0.717) is 34.0 Å². The van der Waals surface area contributed by atoms with Crippen LogP contribution in [0.3, 0.4) is 0 Å². The first kappa shape index (κ1) is 29.8. The second kappa shape index (κ2) is 14.0. The third kappa shape index (κ3) is 8.67. The average molecular weight is 587 g/mol. The molecule has 11 heteroatoms. The van der Waals surface area contributed by atoms with E-state index in [1.807, 2.05) is 6.07 Å². The predicted molar refractivity (Wildman–Crippen MR) is 163 cm³/mol. The number of ether oxygens (including phenoxy) is 2. The van der Waals surface area contributed by atoms with E-state index >= 15 is 0 Å². The predicted octanol–water partition coefficient (Wildman–Crippen LogP) is 4.44. The summed E-state index contributed by atoms with van der Waals surface area (Å²) in [5.41, 5.74) is 5.48. The summed E-state index contributed by atoms with van der Waals surface area (Å²) in [5.74, 6) is 0.484. The lowest BCUT2D eigenvalue weighted by Crippen LogP contribution is -2.29. The number of benzene rings is 4. The van der Waals surface area contributed by atoms with Crippen molar-refractivity contribution in [2.24, 2.45) is 5.10 Å². The molecule has 0 radical (unpaired) electrons. The van der Waals surface area contributed by atoms with E-state index < -0.39 is 15.9 Å². The third-order valence-corrected chi connectivity index (χ3v) is 7.13. The maximum absolute atomic E-state index is 12.5. The van der Waals surface area contributed by atoms with Gasteiger partial charge in [0.05, 0.1) is 31.8 Å². The number of nitrogens with zero attached hydrogens (tertiary/aromatic N) is 2. The van der Waals surface area contributed by atoms with Gasteiger partial charge >= 0.3 is 0 Å². The van der Waals surface area contributed by atoms with Gasteiger partial charge in [0.1, 0.15) is 11.5 Å². The number of hydrogen-bond donors (Lipinski definition) is 2. The molecule has 0 heterocycles. The summed E-state index contributed by atoms with van der Waals surface area (Å²) in [7, 11) is -1.93. The van der Waals surface area contributed by atoms with E-state index in [4.69, 9.17) is 9.47 Å². The minimum Gasteiger partial charge on any atom is -0.497 e. The van der Waals surface area contributed by atoms with Crippen LogP contribution in [0.2, 0.25) is 0 Å². The molecule has 0 unspecified atom stereocenters. The van der Waals surface area contributed by atoms with Gasteiger partial charge in [-0.15, -0.1) is 0 Å². The van der Waals surface area contributed by atoms with Crippen LogP contribution in [0.4, 0.5) is 11.4 Å². The van der Waals surface area contributed by atoms with E-state index in [0.717, 1.165) is 11.8 Å². The number of carbonyl (C=O) groups is 2. The van der Waals surface area contributed by atoms with Gasteiger partial charge in [0, 0.05) is 11.3 Å². The Balaban J connectivity index is 1.25. The van der Waals surface area contributed by atoms with Crippen LogP contribution in [0.5, 0.6) is 11.5 Å². The number of amides is 2. The third-order valence-electron chi connectivity index (χ3n) is 5.99. The van der Waals surface area contributed by atoms with Crippen molar-refractivity contribution < 1.29 is 27.5 Å². The van der Waals surface area contributed by atoms with Crippen molar-refractivity contribution >= 4 is 39.4 Å². The Morgan fingerprint density at radius 1 is 0.857 bits per heavy atom. The van der Waals surface area contributed by atoms with Crippen molar-refractivity contribution in [1.82, 2.24) is 5.43 Å². The lowest BCUT2D eigenvalue weighted by molar-refractivity contribution is -0.118. The molecule has 0 aliphatic carbocycles. The first-order valence-electron chi connectivity index (χ1n) is 12.8. The topological polar surface area (TPSA) is 126 Å². The molecule has 2 N–H and O–H groups in total. The molecule has 0 aromatic heterocycles. The molecule has 216 valence electrons. The smallest absolute Gasteiger partial charge is 0.271 e. The molecule has 10 nitrogen and oxygen atoms in total. The van der Waals surface area contributed by atoms with E-state index in [1.54, 1.807) is 104 Å². The zero-order chi connectivity index (χ0) is 30.0. The summed E-state index contributed by atoms with van der Waals surface area (Å²) < 4.78 is 36.6. The highest BCUT2D eigenvalue weighted by atomic mass is 32.2. The van der Waals surface area contributed by atoms with Gasteiger partial charge in [0.2, 0.25) is 10.0 Å². The Morgan fingerprint density at radius 3 is 2.12 bits per heavy atom. The number of methoxy groups -OCH3 is 1. The van der Waals surface area contributed by atoms with Crippen LogP contribution in [0.1, 0.15) is 21.5 Å². The first-order chi connectivity index (χ1) is 20.2. The molecule has 0 saturated heterocycles. The number of hydrogen-bond acceptors (Lipinski definition) is 7. The lowest BCUT2D eigenvalue weighted by Gasteiger charge is -2.22. The number of nitrogens with one attached hydrogen (secondary N) is 2. The maximum atomic E-state index is 12.5. The zero-order valence-electron chi connectivity index (χ0n) is 23.1. The number of carbonyl (C=O) groups excluding carboxylic acids is 2. The number of rotatable bonds is 12. The molecule has 0 saturated carbocycles. The standard InChI is InChI=1S/C31H30N4O6S/c1-40-28-18-14-26(15-19-28)33-30(36)22-41-29-16-10-23(11-17-29)20-32-34-31(37)25-12-8-24(9-13-25)21-35(42(2,38)39)27-6-4-3-5-7-27/h3-20H,21-22H2,1-2H3,(H,33,36)(H,34,37)/b32-20-. The van der Waals surface area contributed by atoms with Crippen LogP contribution in [-0.4, -0.2) is 46.4 Å². The highest BCUT2D eigenvalue weighted by molar-refractivity contribution is 7.92. The highest BCUT2D eigenvalue weighted by Gasteiger charge is 2.18. The van der Waals surface area contributed by atoms with Gasteiger partial charge in [-0.05, 0) is 83.9 Å². The van der Waals surface area contributed by atoms with Crippen molar-refractivity contribution in [2.45, 2.75) is 6.54 Å². The van der Waals surface area contributed by atoms with Crippen molar-refractivity contribution in [1.29, 1.82) is 0 Å². The molecule has 0 fully saturated rings. The maximum Gasteiger partial charge on any atom is 0.271 e. The van der Waals surface area contributed by atoms with E-state index in [2.05, 4.69) is 15.8 Å². The van der Waals surface area contributed by atoms with Crippen LogP contribution < -0.4 is 24.5 Å². The normalized spacial score (nSPS) is 11.1. The van der Waals surface area contributed by atoms with Crippen molar-refractivity contribution in [3.05, 3.63) is 120 Å². The summed E-state index contributed by atoms with van der Waals surface area (Å²) in [5, 5.41) is 6.74. The number of sulfonamides is 1. The molecule has 4 aromatic rings. The van der Waals surface area contributed by atoms with Crippen molar-refractivity contribution in [3.8, 4) is 11.5 Å². The van der Waals surface area contributed by atoms with Gasteiger partial charge in [-0.1, -0.05) is 30.3 Å². The fourth-order valence-corrected chi connectivity index (χ4v) is 4.71. The number of hydrazone groups is 1. The van der Waals surface area contributed by atoms with Crippen LogP contribution >= 0.6 is 0 Å². The summed E-state index contributed by atoms with van der Waals surface area (Å²) in [6.07, 6.45) is 2.64. The van der Waals surface area contributed by atoms with E-state index in [-0.39, 0.29) is 19.1 Å². The lowest BCUT2D eigenvalue weighted by atomic mass is 10.1. The number of anilines is 2. The number of para-hydroxylation sites is 1. The van der Waals surface area contributed by atoms with E-state index in [9.17, 15) is 18.0 Å². The Labute approximate surface area is 244 Å². The summed E-state index contributed by atoms with van der Waals surface area (Å²) >= 11 is 0. The molecular weight excluding hydrogens is 556 g/mol. The minimum absolute atomic E-state index is 0.135. The van der Waals surface area contributed by atoms with Gasteiger partial charge in [-0.3, -0.25) is 13.9 Å². The Hall–Kier alpha value is -5.16. The Kier molecular flexibility index (Phi) is 9.90. The van der Waals surface area contributed by atoms with Gasteiger partial charge in [0.25, 0.3) is 11.8 Å². The van der Waals surface area contributed by atoms with Gasteiger partial charge in [-0.25, -0.2) is 13.8 Å². The van der Waals surface area contributed by atoms with Crippen LogP contribution in [0.25, 0.3) is 0 Å². The molecule has 4 rings (SSSR count). The SMILES string of the molecule is COc1ccc(NC(=O)COc2ccc(/C=N\NC(=O)c3ccc(CN(c4ccccc4)S(C)(=O)=O)cc3)cc2)cc1. The monoisotopic (exact) mass is 586 g/mol. The average Bonchev–Trinajstić information content (AvgIpc) is 3.00. The second-order valence-electron chi connectivity index (χ2n) is 9.14. The van der Waals surface area contributed by atoms with Gasteiger partial charge in [0.15, 0.2) is 6.61 Å². The van der Waals surface area contributed by atoms with E-state index in [1.165, 1.54) is 10.5 Å². The minimum atomic E-state index is -3.50. The summed E-state index contributed by atoms with van der Waals surface area (Å²) in [4.78, 5) is 24.7.